The van der Waals surface area contributed by atoms with Gasteiger partial charge in [-0.25, -0.2) is 0 Å². The number of halogens is 2. The zero-order valence-electron chi connectivity index (χ0n) is 8.62. The van der Waals surface area contributed by atoms with Crippen LogP contribution in [0.3, 0.4) is 0 Å². The molecule has 3 nitrogen and oxygen atoms in total. The maximum absolute atomic E-state index is 11.7. The number of amides is 1. The molecule has 1 amide bonds. The van der Waals surface area contributed by atoms with Gasteiger partial charge in [0.1, 0.15) is 5.40 Å². The lowest BCUT2D eigenvalue weighted by atomic mass is 10.2. The molecular weight excluding hydrogens is 267 g/mol. The molecule has 0 atom stereocenters. The van der Waals surface area contributed by atoms with Gasteiger partial charge in [0.05, 0.1) is 14.9 Å². The van der Waals surface area contributed by atoms with E-state index in [2.05, 4.69) is 0 Å². The standard InChI is InChI=1S/C10H8Cl2N2OS/c1-14(2)10(15)6-3-7(11)9(16-5-13)8(12)4-6/h3-4H,1-2H3. The van der Waals surface area contributed by atoms with Gasteiger partial charge in [0.2, 0.25) is 0 Å². The fourth-order valence-corrected chi connectivity index (χ4v) is 2.21. The van der Waals surface area contributed by atoms with E-state index in [1.165, 1.54) is 17.0 Å². The third kappa shape index (κ3) is 2.82. The van der Waals surface area contributed by atoms with Gasteiger partial charge in [-0.15, -0.1) is 0 Å². The number of carbonyl (C=O) groups is 1. The predicted octanol–water partition coefficient (Wildman–Crippen LogP) is 3.27. The quantitative estimate of drug-likeness (QED) is 0.614. The van der Waals surface area contributed by atoms with Crippen molar-refractivity contribution in [2.75, 3.05) is 14.1 Å². The van der Waals surface area contributed by atoms with Crippen molar-refractivity contribution in [1.82, 2.24) is 4.90 Å². The van der Waals surface area contributed by atoms with Gasteiger partial charge in [-0.05, 0) is 23.9 Å². The van der Waals surface area contributed by atoms with Crippen molar-refractivity contribution in [3.63, 3.8) is 0 Å². The van der Waals surface area contributed by atoms with Crippen molar-refractivity contribution in [2.45, 2.75) is 4.90 Å². The number of benzene rings is 1. The number of carbonyl (C=O) groups excluding carboxylic acids is 1. The largest absolute Gasteiger partial charge is 0.345 e. The zero-order chi connectivity index (χ0) is 12.3. The number of thioether (sulfide) groups is 1. The molecule has 1 aromatic rings. The number of nitrogens with zero attached hydrogens (tertiary/aromatic N) is 2. The molecule has 1 rings (SSSR count). The second kappa shape index (κ2) is 5.44. The van der Waals surface area contributed by atoms with Crippen molar-refractivity contribution in [1.29, 1.82) is 5.26 Å². The molecule has 0 saturated carbocycles. The molecule has 0 aliphatic heterocycles. The Morgan fingerprint density at radius 1 is 1.38 bits per heavy atom. The number of nitriles is 1. The van der Waals surface area contributed by atoms with Gasteiger partial charge in [0.25, 0.3) is 5.91 Å². The number of rotatable bonds is 2. The van der Waals surface area contributed by atoms with Crippen LogP contribution >= 0.6 is 35.0 Å². The average molecular weight is 275 g/mol. The number of hydrogen-bond donors (Lipinski definition) is 0. The molecule has 0 heterocycles. The van der Waals surface area contributed by atoms with Gasteiger partial charge in [0.15, 0.2) is 0 Å². The zero-order valence-corrected chi connectivity index (χ0v) is 10.9. The lowest BCUT2D eigenvalue weighted by Crippen LogP contribution is -2.21. The van der Waals surface area contributed by atoms with E-state index in [9.17, 15) is 4.79 Å². The van der Waals surface area contributed by atoms with Crippen molar-refractivity contribution in [3.05, 3.63) is 27.7 Å². The summed E-state index contributed by atoms with van der Waals surface area (Å²) in [6.07, 6.45) is 0. The summed E-state index contributed by atoms with van der Waals surface area (Å²) in [6.45, 7) is 0. The highest BCUT2D eigenvalue weighted by Crippen LogP contribution is 2.34. The lowest BCUT2D eigenvalue weighted by Gasteiger charge is -2.11. The summed E-state index contributed by atoms with van der Waals surface area (Å²) in [4.78, 5) is 13.6. The van der Waals surface area contributed by atoms with Gasteiger partial charge in [-0.1, -0.05) is 23.2 Å². The minimum Gasteiger partial charge on any atom is -0.345 e. The Morgan fingerprint density at radius 2 is 1.88 bits per heavy atom. The highest BCUT2D eigenvalue weighted by atomic mass is 35.5. The second-order valence-corrected chi connectivity index (χ2v) is 4.77. The van der Waals surface area contributed by atoms with E-state index in [4.69, 9.17) is 28.5 Å². The van der Waals surface area contributed by atoms with Crippen LogP contribution in [0.15, 0.2) is 17.0 Å². The van der Waals surface area contributed by atoms with Gasteiger partial charge in [-0.3, -0.25) is 4.79 Å². The summed E-state index contributed by atoms with van der Waals surface area (Å²) in [5.41, 5.74) is 0.405. The minimum atomic E-state index is -0.183. The molecule has 16 heavy (non-hydrogen) atoms. The SMILES string of the molecule is CN(C)C(=O)c1cc(Cl)c(SC#N)c(Cl)c1. The summed E-state index contributed by atoms with van der Waals surface area (Å²) in [6, 6.07) is 3.02. The molecule has 0 aliphatic rings. The molecule has 0 aromatic heterocycles. The molecule has 1 aromatic carbocycles. The monoisotopic (exact) mass is 274 g/mol. The molecule has 0 spiro atoms. The van der Waals surface area contributed by atoms with Crippen LogP contribution in [0.4, 0.5) is 0 Å². The molecule has 0 unspecified atom stereocenters. The van der Waals surface area contributed by atoms with Gasteiger partial charge >= 0.3 is 0 Å². The summed E-state index contributed by atoms with van der Waals surface area (Å²) >= 11 is 12.7. The molecule has 0 bridgehead atoms. The molecule has 6 heteroatoms. The number of thiocyanates is 1. The first-order valence-electron chi connectivity index (χ1n) is 4.24. The molecule has 0 saturated heterocycles. The first-order valence-corrected chi connectivity index (χ1v) is 5.81. The van der Waals surface area contributed by atoms with Crippen molar-refractivity contribution in [3.8, 4) is 5.40 Å². The Morgan fingerprint density at radius 3 is 2.25 bits per heavy atom. The fourth-order valence-electron chi connectivity index (χ4n) is 1.08. The maximum Gasteiger partial charge on any atom is 0.253 e. The van der Waals surface area contributed by atoms with Gasteiger partial charge in [0, 0.05) is 19.7 Å². The van der Waals surface area contributed by atoms with Crippen LogP contribution in [0.2, 0.25) is 10.0 Å². The van der Waals surface area contributed by atoms with Crippen LogP contribution in [0, 0.1) is 10.7 Å². The van der Waals surface area contributed by atoms with E-state index in [-0.39, 0.29) is 5.91 Å². The third-order valence-electron chi connectivity index (χ3n) is 1.80. The third-order valence-corrected chi connectivity index (χ3v) is 3.35. The first-order chi connectivity index (χ1) is 7.47. The summed E-state index contributed by atoms with van der Waals surface area (Å²) in [5.74, 6) is -0.183. The number of hydrogen-bond acceptors (Lipinski definition) is 3. The van der Waals surface area contributed by atoms with Crippen LogP contribution in [-0.2, 0) is 0 Å². The van der Waals surface area contributed by atoms with E-state index >= 15 is 0 Å². The smallest absolute Gasteiger partial charge is 0.253 e. The van der Waals surface area contributed by atoms with Gasteiger partial charge < -0.3 is 4.90 Å². The van der Waals surface area contributed by atoms with E-state index in [0.29, 0.717) is 20.5 Å². The van der Waals surface area contributed by atoms with E-state index in [1.807, 2.05) is 5.40 Å². The van der Waals surface area contributed by atoms with Crippen molar-refractivity contribution < 1.29 is 4.79 Å². The maximum atomic E-state index is 11.7. The highest BCUT2D eigenvalue weighted by Gasteiger charge is 2.14. The van der Waals surface area contributed by atoms with Crippen LogP contribution < -0.4 is 0 Å². The molecule has 84 valence electrons. The molecule has 0 fully saturated rings. The van der Waals surface area contributed by atoms with E-state index in [0.717, 1.165) is 11.8 Å². The first kappa shape index (κ1) is 13.2. The average Bonchev–Trinajstić information content (AvgIpc) is 2.21. The lowest BCUT2D eigenvalue weighted by molar-refractivity contribution is 0.0827. The Bertz CT molecular complexity index is 445. The topological polar surface area (TPSA) is 44.1 Å². The predicted molar refractivity (Wildman–Crippen MR) is 65.9 cm³/mol. The van der Waals surface area contributed by atoms with E-state index in [1.54, 1.807) is 14.1 Å². The normalized spacial score (nSPS) is 9.69. The highest BCUT2D eigenvalue weighted by molar-refractivity contribution is 8.04. The minimum absolute atomic E-state index is 0.183. The Labute approximate surface area is 108 Å². The van der Waals surface area contributed by atoms with Crippen LogP contribution in [0.1, 0.15) is 10.4 Å². The van der Waals surface area contributed by atoms with E-state index < -0.39 is 0 Å². The molecular formula is C10H8Cl2N2OS. The van der Waals surface area contributed by atoms with Crippen LogP contribution in [-0.4, -0.2) is 24.9 Å². The Kier molecular flexibility index (Phi) is 4.48. The van der Waals surface area contributed by atoms with Crippen molar-refractivity contribution in [2.24, 2.45) is 0 Å². The second-order valence-electron chi connectivity index (χ2n) is 3.16. The summed E-state index contributed by atoms with van der Waals surface area (Å²) < 4.78 is 0. The van der Waals surface area contributed by atoms with Crippen molar-refractivity contribution >= 4 is 40.9 Å². The van der Waals surface area contributed by atoms with Gasteiger partial charge in [-0.2, -0.15) is 5.26 Å². The van der Waals surface area contributed by atoms with Crippen LogP contribution in [0.5, 0.6) is 0 Å². The fraction of sp³-hybridized carbons (Fsp3) is 0.200. The van der Waals surface area contributed by atoms with Crippen LogP contribution in [0.25, 0.3) is 0 Å². The molecule has 0 N–H and O–H groups in total. The molecule has 0 radical (unpaired) electrons. The Balaban J connectivity index is 3.20. The Hall–Kier alpha value is -0.890. The summed E-state index contributed by atoms with van der Waals surface area (Å²) in [7, 11) is 3.28. The molecule has 0 aliphatic carbocycles. The summed E-state index contributed by atoms with van der Waals surface area (Å²) in [5, 5.41) is 11.1.